The molecule has 9 heteroatoms. The summed E-state index contributed by atoms with van der Waals surface area (Å²) in [5.41, 5.74) is 0.569. The van der Waals surface area contributed by atoms with Crippen molar-refractivity contribution in [2.75, 3.05) is 23.0 Å². The van der Waals surface area contributed by atoms with Gasteiger partial charge in [-0.1, -0.05) is 24.6 Å². The van der Waals surface area contributed by atoms with Crippen LogP contribution in [0.1, 0.15) is 13.3 Å². The summed E-state index contributed by atoms with van der Waals surface area (Å²) in [7, 11) is -2.31. The van der Waals surface area contributed by atoms with Gasteiger partial charge in [-0.25, -0.2) is 12.8 Å². The molecule has 0 radical (unpaired) electrons. The average molecular weight is 415 g/mol. The number of carbonyl (C=O) groups is 1. The van der Waals surface area contributed by atoms with Crippen LogP contribution in [0.2, 0.25) is 5.02 Å². The molecule has 0 heterocycles. The Labute approximate surface area is 162 Å². The van der Waals surface area contributed by atoms with Gasteiger partial charge in [0.05, 0.1) is 24.1 Å². The van der Waals surface area contributed by atoms with Gasteiger partial charge in [-0.2, -0.15) is 0 Å². The van der Waals surface area contributed by atoms with Crippen molar-refractivity contribution < 1.29 is 22.3 Å². The largest absolute Gasteiger partial charge is 0.497 e. The molecule has 0 saturated heterocycles. The molecule has 0 bridgehead atoms. The maximum absolute atomic E-state index is 13.3. The summed E-state index contributed by atoms with van der Waals surface area (Å²) in [5, 5.41) is 2.44. The van der Waals surface area contributed by atoms with Crippen LogP contribution in [0.3, 0.4) is 0 Å². The number of benzene rings is 2. The van der Waals surface area contributed by atoms with Crippen molar-refractivity contribution >= 4 is 38.9 Å². The van der Waals surface area contributed by atoms with E-state index in [9.17, 15) is 17.6 Å². The number of methoxy groups -OCH3 is 1. The van der Waals surface area contributed by atoms with Crippen LogP contribution in [-0.2, 0) is 14.8 Å². The Morgan fingerprint density at radius 3 is 2.56 bits per heavy atom. The Morgan fingerprint density at radius 2 is 2.00 bits per heavy atom. The molecule has 6 nitrogen and oxygen atoms in total. The second-order valence-corrected chi connectivity index (χ2v) is 8.07. The van der Waals surface area contributed by atoms with E-state index in [1.54, 1.807) is 25.1 Å². The van der Waals surface area contributed by atoms with Crippen LogP contribution in [-0.4, -0.2) is 33.7 Å². The zero-order valence-electron chi connectivity index (χ0n) is 15.1. The van der Waals surface area contributed by atoms with E-state index in [0.717, 1.165) is 16.6 Å². The molecular weight excluding hydrogens is 395 g/mol. The van der Waals surface area contributed by atoms with Gasteiger partial charge in [-0.05, 0) is 36.8 Å². The van der Waals surface area contributed by atoms with Crippen molar-refractivity contribution in [3.8, 4) is 5.75 Å². The van der Waals surface area contributed by atoms with Crippen molar-refractivity contribution in [1.82, 2.24) is 0 Å². The van der Waals surface area contributed by atoms with E-state index in [-0.39, 0.29) is 17.1 Å². The third-order valence-corrected chi connectivity index (χ3v) is 5.29. The third kappa shape index (κ3) is 5.11. The van der Waals surface area contributed by atoms with Crippen molar-refractivity contribution in [3.05, 3.63) is 53.3 Å². The Hall–Kier alpha value is -2.32. The SMILES string of the molecule is CC[C@H](C(=O)Nc1ccc(F)c(Cl)c1)N(c1cccc(OC)c1)S(C)(=O)=O. The summed E-state index contributed by atoms with van der Waals surface area (Å²) in [6, 6.07) is 9.13. The maximum Gasteiger partial charge on any atom is 0.248 e. The third-order valence-electron chi connectivity index (χ3n) is 3.82. The van der Waals surface area contributed by atoms with E-state index in [1.165, 1.54) is 25.3 Å². The highest BCUT2D eigenvalue weighted by Crippen LogP contribution is 2.27. The molecule has 0 aliphatic heterocycles. The molecule has 2 rings (SSSR count). The van der Waals surface area contributed by atoms with Gasteiger partial charge in [-0.3, -0.25) is 9.10 Å². The summed E-state index contributed by atoms with van der Waals surface area (Å²) < 4.78 is 44.3. The quantitative estimate of drug-likeness (QED) is 0.750. The summed E-state index contributed by atoms with van der Waals surface area (Å²) in [5.74, 6) is -0.717. The number of hydrogen-bond donors (Lipinski definition) is 1. The minimum atomic E-state index is -3.78. The summed E-state index contributed by atoms with van der Waals surface area (Å²) in [6.07, 6.45) is 1.24. The number of carbonyl (C=O) groups excluding carboxylic acids is 1. The van der Waals surface area contributed by atoms with Gasteiger partial charge in [0.2, 0.25) is 15.9 Å². The molecule has 0 aromatic heterocycles. The first-order valence-corrected chi connectivity index (χ1v) is 10.3. The molecule has 0 spiro atoms. The molecule has 2 aromatic carbocycles. The molecule has 0 aliphatic rings. The first-order chi connectivity index (χ1) is 12.7. The van der Waals surface area contributed by atoms with E-state index in [2.05, 4.69) is 5.32 Å². The van der Waals surface area contributed by atoms with Gasteiger partial charge in [0.15, 0.2) is 0 Å². The van der Waals surface area contributed by atoms with E-state index in [1.807, 2.05) is 0 Å². The predicted octanol–water partition coefficient (Wildman–Crippen LogP) is 3.67. The van der Waals surface area contributed by atoms with Crippen molar-refractivity contribution in [1.29, 1.82) is 0 Å². The molecular formula is C18H20ClFN2O4S. The lowest BCUT2D eigenvalue weighted by molar-refractivity contribution is -0.117. The smallest absolute Gasteiger partial charge is 0.248 e. The number of nitrogens with zero attached hydrogens (tertiary/aromatic N) is 1. The van der Waals surface area contributed by atoms with Crippen molar-refractivity contribution in [2.24, 2.45) is 0 Å². The van der Waals surface area contributed by atoms with Gasteiger partial charge in [0, 0.05) is 11.8 Å². The maximum atomic E-state index is 13.3. The molecule has 0 unspecified atom stereocenters. The lowest BCUT2D eigenvalue weighted by Crippen LogP contribution is -2.47. The first-order valence-electron chi connectivity index (χ1n) is 8.06. The molecule has 0 aliphatic carbocycles. The van der Waals surface area contributed by atoms with E-state index >= 15 is 0 Å². The van der Waals surface area contributed by atoms with Gasteiger partial charge in [0.1, 0.15) is 17.6 Å². The molecule has 146 valence electrons. The summed E-state index contributed by atoms with van der Waals surface area (Å²) in [6.45, 7) is 1.69. The highest BCUT2D eigenvalue weighted by Gasteiger charge is 2.31. The molecule has 0 saturated carbocycles. The van der Waals surface area contributed by atoms with Crippen LogP contribution in [0.25, 0.3) is 0 Å². The monoisotopic (exact) mass is 414 g/mol. The van der Waals surface area contributed by atoms with Crippen LogP contribution < -0.4 is 14.4 Å². The fraction of sp³-hybridized carbons (Fsp3) is 0.278. The Kier molecular flexibility index (Phi) is 6.67. The number of sulfonamides is 1. The highest BCUT2D eigenvalue weighted by molar-refractivity contribution is 7.92. The Balaban J connectivity index is 2.39. The first kappa shape index (κ1) is 21.0. The van der Waals surface area contributed by atoms with E-state index in [4.69, 9.17) is 16.3 Å². The summed E-state index contributed by atoms with van der Waals surface area (Å²) in [4.78, 5) is 12.8. The number of anilines is 2. The van der Waals surface area contributed by atoms with Crippen molar-refractivity contribution in [3.63, 3.8) is 0 Å². The zero-order chi connectivity index (χ0) is 20.2. The number of halogens is 2. The number of ether oxygens (including phenoxy) is 1. The highest BCUT2D eigenvalue weighted by atomic mass is 35.5. The van der Waals surface area contributed by atoms with Crippen molar-refractivity contribution in [2.45, 2.75) is 19.4 Å². The Bertz CT molecular complexity index is 937. The van der Waals surface area contributed by atoms with Gasteiger partial charge in [0.25, 0.3) is 0 Å². The number of nitrogens with one attached hydrogen (secondary N) is 1. The number of hydrogen-bond acceptors (Lipinski definition) is 4. The minimum absolute atomic E-state index is 0.145. The second kappa shape index (κ2) is 8.58. The standard InChI is InChI=1S/C18H20ClFN2O4S/c1-4-17(18(23)21-12-8-9-16(20)15(19)10-12)22(27(3,24)25)13-6-5-7-14(11-13)26-2/h5-11,17H,4H2,1-3H3,(H,21,23)/t17-/m1/s1. The number of amides is 1. The molecule has 1 atom stereocenters. The normalized spacial score (nSPS) is 12.3. The van der Waals surface area contributed by atoms with Crippen LogP contribution in [0, 0.1) is 5.82 Å². The summed E-state index contributed by atoms with van der Waals surface area (Å²) >= 11 is 5.73. The average Bonchev–Trinajstić information content (AvgIpc) is 2.61. The van der Waals surface area contributed by atoms with Gasteiger partial charge < -0.3 is 10.1 Å². The lowest BCUT2D eigenvalue weighted by atomic mass is 10.1. The van der Waals surface area contributed by atoms with E-state index in [0.29, 0.717) is 11.4 Å². The second-order valence-electron chi connectivity index (χ2n) is 5.80. The molecule has 1 amide bonds. The van der Waals surface area contributed by atoms with Crippen LogP contribution in [0.15, 0.2) is 42.5 Å². The zero-order valence-corrected chi connectivity index (χ0v) is 16.6. The van der Waals surface area contributed by atoms with Crippen LogP contribution in [0.5, 0.6) is 5.75 Å². The van der Waals surface area contributed by atoms with E-state index < -0.39 is 27.8 Å². The molecule has 2 aromatic rings. The van der Waals surface area contributed by atoms with Crippen LogP contribution in [0.4, 0.5) is 15.8 Å². The molecule has 27 heavy (non-hydrogen) atoms. The van der Waals surface area contributed by atoms with Gasteiger partial charge >= 0.3 is 0 Å². The minimum Gasteiger partial charge on any atom is -0.497 e. The van der Waals surface area contributed by atoms with Gasteiger partial charge in [-0.15, -0.1) is 0 Å². The number of rotatable bonds is 7. The molecule has 1 N–H and O–H groups in total. The Morgan fingerprint density at radius 1 is 1.30 bits per heavy atom. The fourth-order valence-corrected chi connectivity index (χ4v) is 3.99. The predicted molar refractivity (Wildman–Crippen MR) is 104 cm³/mol. The lowest BCUT2D eigenvalue weighted by Gasteiger charge is -2.30. The topological polar surface area (TPSA) is 75.7 Å². The fourth-order valence-electron chi connectivity index (χ4n) is 2.61. The molecule has 0 fully saturated rings. The van der Waals surface area contributed by atoms with Crippen LogP contribution >= 0.6 is 11.6 Å².